The number of fused-ring (bicyclic) bond motifs is 1. The van der Waals surface area contributed by atoms with Gasteiger partial charge in [-0.05, 0) is 49.3 Å². The van der Waals surface area contributed by atoms with Gasteiger partial charge in [-0.15, -0.1) is 5.10 Å². The van der Waals surface area contributed by atoms with Crippen LogP contribution in [0.2, 0.25) is 18.1 Å². The highest BCUT2D eigenvalue weighted by molar-refractivity contribution is 6.74. The number of benzene rings is 1. The number of ether oxygens (including phenoxy) is 1. The first-order chi connectivity index (χ1) is 16.3. The van der Waals surface area contributed by atoms with E-state index in [9.17, 15) is 8.78 Å². The van der Waals surface area contributed by atoms with Crippen molar-refractivity contribution in [2.24, 2.45) is 0 Å². The summed E-state index contributed by atoms with van der Waals surface area (Å²) in [7, 11) is -2.11. The third kappa shape index (κ3) is 5.18. The smallest absolute Gasteiger partial charge is 0.387 e. The molecule has 3 heterocycles. The van der Waals surface area contributed by atoms with Crippen molar-refractivity contribution in [2.45, 2.75) is 70.6 Å². The van der Waals surface area contributed by atoms with Crippen molar-refractivity contribution < 1.29 is 22.3 Å². The Kier molecular flexibility index (Phi) is 6.65. The van der Waals surface area contributed by atoms with E-state index in [-0.39, 0.29) is 17.3 Å². The number of nitrogens with zero attached hydrogens (tertiary/aromatic N) is 4. The van der Waals surface area contributed by atoms with Gasteiger partial charge in [0.1, 0.15) is 11.6 Å². The summed E-state index contributed by atoms with van der Waals surface area (Å²) >= 11 is 0. The minimum Gasteiger partial charge on any atom is -0.435 e. The van der Waals surface area contributed by atoms with E-state index in [2.05, 4.69) is 43.6 Å². The van der Waals surface area contributed by atoms with Gasteiger partial charge in [0.25, 0.3) is 0 Å². The zero-order valence-corrected chi connectivity index (χ0v) is 22.1. The third-order valence-corrected chi connectivity index (χ3v) is 11.8. The molecule has 0 N–H and O–H groups in total. The second-order valence-electron chi connectivity index (χ2n) is 10.7. The second kappa shape index (κ2) is 9.13. The van der Waals surface area contributed by atoms with Crippen molar-refractivity contribution in [3.63, 3.8) is 0 Å². The van der Waals surface area contributed by atoms with Crippen molar-refractivity contribution in [2.75, 3.05) is 18.0 Å². The molecule has 2 unspecified atom stereocenters. The van der Waals surface area contributed by atoms with E-state index in [0.717, 1.165) is 0 Å². The molecule has 4 rings (SSSR count). The van der Waals surface area contributed by atoms with E-state index in [1.165, 1.54) is 12.1 Å². The molecule has 0 saturated carbocycles. The summed E-state index contributed by atoms with van der Waals surface area (Å²) in [4.78, 5) is 6.30. The lowest BCUT2D eigenvalue weighted by atomic mass is 10.00. The van der Waals surface area contributed by atoms with Crippen LogP contribution in [0.5, 0.6) is 5.75 Å². The summed E-state index contributed by atoms with van der Waals surface area (Å²) in [5.74, 6) is 0.678. The van der Waals surface area contributed by atoms with E-state index in [1.54, 1.807) is 22.8 Å². The van der Waals surface area contributed by atoms with Gasteiger partial charge in [0.05, 0.1) is 24.5 Å². The van der Waals surface area contributed by atoms with Crippen LogP contribution < -0.4 is 9.64 Å². The summed E-state index contributed by atoms with van der Waals surface area (Å²) in [5.41, 5.74) is 0.384. The van der Waals surface area contributed by atoms with Gasteiger partial charge in [-0.2, -0.15) is 8.78 Å². The Morgan fingerprint density at radius 2 is 1.89 bits per heavy atom. The Bertz CT molecular complexity index is 1200. The molecule has 1 saturated heterocycles. The average molecular weight is 507 g/mol. The van der Waals surface area contributed by atoms with Gasteiger partial charge in [0.15, 0.2) is 19.6 Å². The van der Waals surface area contributed by atoms with Gasteiger partial charge >= 0.3 is 6.61 Å². The van der Waals surface area contributed by atoms with E-state index in [1.807, 2.05) is 24.0 Å². The van der Waals surface area contributed by atoms with Crippen molar-refractivity contribution >= 4 is 19.8 Å². The van der Waals surface area contributed by atoms with Crippen LogP contribution in [0, 0.1) is 0 Å². The molecular formula is C25H33F3N4O2Si. The molecule has 1 aliphatic heterocycles. The van der Waals surface area contributed by atoms with Gasteiger partial charge in [-0.1, -0.05) is 32.9 Å². The first-order valence-electron chi connectivity index (χ1n) is 11.8. The monoisotopic (exact) mass is 506 g/mol. The molecule has 0 aliphatic carbocycles. The maximum atomic E-state index is 16.0. The van der Waals surface area contributed by atoms with Crippen molar-refractivity contribution in [1.82, 2.24) is 14.6 Å². The highest BCUT2D eigenvalue weighted by Gasteiger charge is 2.48. The molecule has 0 spiro atoms. The maximum absolute atomic E-state index is 16.0. The predicted octanol–water partition coefficient (Wildman–Crippen LogP) is 6.33. The first kappa shape index (κ1) is 25.5. The van der Waals surface area contributed by atoms with Gasteiger partial charge in [-0.25, -0.2) is 13.9 Å². The second-order valence-corrected chi connectivity index (χ2v) is 15.5. The maximum Gasteiger partial charge on any atom is 0.387 e. The lowest BCUT2D eigenvalue weighted by Gasteiger charge is -2.41. The Morgan fingerprint density at radius 3 is 2.57 bits per heavy atom. The number of hydrogen-bond acceptors (Lipinski definition) is 5. The highest BCUT2D eigenvalue weighted by Crippen LogP contribution is 2.41. The SMILES string of the molecule is CC(O[Si](C)(C)C(C)(C)C)C1(F)CCN(c2ccc3ncc(-c4cccc(OC(F)F)c4)n3n2)C1. The molecule has 2 aromatic heterocycles. The Labute approximate surface area is 205 Å². The van der Waals surface area contributed by atoms with Crippen molar-refractivity contribution in [3.8, 4) is 17.0 Å². The van der Waals surface area contributed by atoms with Crippen LogP contribution in [0.15, 0.2) is 42.6 Å². The molecule has 1 aromatic carbocycles. The fraction of sp³-hybridized carbons (Fsp3) is 0.520. The summed E-state index contributed by atoms with van der Waals surface area (Å²) in [6.07, 6.45) is 1.46. The van der Waals surface area contributed by atoms with Gasteiger partial charge in [-0.3, -0.25) is 0 Å². The zero-order valence-electron chi connectivity index (χ0n) is 21.1. The molecule has 10 heteroatoms. The Hall–Kier alpha value is -2.59. The molecular weight excluding hydrogens is 473 g/mol. The zero-order chi connectivity index (χ0) is 25.6. The fourth-order valence-electron chi connectivity index (χ4n) is 4.11. The third-order valence-electron chi connectivity index (χ3n) is 7.28. The largest absolute Gasteiger partial charge is 0.435 e. The molecule has 0 radical (unpaired) electrons. The number of hydrogen-bond donors (Lipinski definition) is 0. The van der Waals surface area contributed by atoms with Crippen LogP contribution in [0.4, 0.5) is 19.0 Å². The lowest BCUT2D eigenvalue weighted by molar-refractivity contribution is -0.0498. The van der Waals surface area contributed by atoms with Crippen LogP contribution >= 0.6 is 0 Å². The lowest BCUT2D eigenvalue weighted by Crippen LogP contribution is -2.50. The number of aromatic nitrogens is 3. The predicted molar refractivity (Wildman–Crippen MR) is 133 cm³/mol. The fourth-order valence-corrected chi connectivity index (χ4v) is 5.56. The number of rotatable bonds is 7. The molecule has 0 bridgehead atoms. The minimum atomic E-state index is -2.91. The van der Waals surface area contributed by atoms with E-state index in [4.69, 9.17) is 9.52 Å². The first-order valence-corrected chi connectivity index (χ1v) is 14.7. The molecule has 190 valence electrons. The van der Waals surface area contributed by atoms with Crippen LogP contribution in [-0.2, 0) is 4.43 Å². The van der Waals surface area contributed by atoms with Gasteiger partial charge < -0.3 is 14.1 Å². The van der Waals surface area contributed by atoms with Crippen LogP contribution in [0.25, 0.3) is 16.9 Å². The normalized spacial score (nSPS) is 20.1. The molecule has 2 atom stereocenters. The topological polar surface area (TPSA) is 51.9 Å². The van der Waals surface area contributed by atoms with Crippen molar-refractivity contribution in [1.29, 1.82) is 0 Å². The molecule has 35 heavy (non-hydrogen) atoms. The molecule has 1 fully saturated rings. The summed E-state index contributed by atoms with van der Waals surface area (Å²) in [6, 6.07) is 10.0. The van der Waals surface area contributed by atoms with E-state index < -0.39 is 26.7 Å². The van der Waals surface area contributed by atoms with Gasteiger partial charge in [0.2, 0.25) is 0 Å². The van der Waals surface area contributed by atoms with E-state index in [0.29, 0.717) is 35.7 Å². The van der Waals surface area contributed by atoms with Gasteiger partial charge in [0, 0.05) is 18.5 Å². The molecule has 1 aliphatic rings. The summed E-state index contributed by atoms with van der Waals surface area (Å²) < 4.78 is 53.9. The number of halogens is 3. The number of imidazole rings is 1. The standard InChI is InChI=1S/C25H33F3N4O2Si/c1-17(34-35(5,6)24(2,3)4)25(28)12-13-31(16-25)22-11-10-21-29-15-20(32(21)30-22)18-8-7-9-19(14-18)33-23(26)27/h7-11,14-15,17,23H,12-13,16H2,1-6H3. The number of alkyl halides is 3. The van der Waals surface area contributed by atoms with Crippen molar-refractivity contribution in [3.05, 3.63) is 42.6 Å². The Balaban J connectivity index is 1.57. The molecule has 0 amide bonds. The minimum absolute atomic E-state index is 0.00200. The van der Waals surface area contributed by atoms with E-state index >= 15 is 4.39 Å². The van der Waals surface area contributed by atoms with Crippen LogP contribution in [0.3, 0.4) is 0 Å². The summed E-state index contributed by atoms with van der Waals surface area (Å²) in [5, 5.41) is 4.71. The van der Waals surface area contributed by atoms with Crippen LogP contribution in [0.1, 0.15) is 34.1 Å². The van der Waals surface area contributed by atoms with Crippen LogP contribution in [-0.4, -0.2) is 54.4 Å². The highest BCUT2D eigenvalue weighted by atomic mass is 28.4. The Morgan fingerprint density at radius 1 is 1.14 bits per heavy atom. The average Bonchev–Trinajstić information content (AvgIpc) is 3.36. The molecule has 6 nitrogen and oxygen atoms in total. The molecule has 3 aromatic rings. The number of anilines is 1. The quantitative estimate of drug-likeness (QED) is 0.351. The summed E-state index contributed by atoms with van der Waals surface area (Å²) in [6.45, 7) is 10.3.